The molecule has 30 heavy (non-hydrogen) atoms. The van der Waals surface area contributed by atoms with Crippen LogP contribution in [0.3, 0.4) is 0 Å². The van der Waals surface area contributed by atoms with E-state index in [2.05, 4.69) is 18.7 Å². The summed E-state index contributed by atoms with van der Waals surface area (Å²) in [5.41, 5.74) is 2.20. The maximum atomic E-state index is 12.5. The van der Waals surface area contributed by atoms with E-state index in [1.807, 2.05) is 13.8 Å². The smallest absolute Gasteiger partial charge is 0.478 e. The molecule has 4 rings (SSSR count). The van der Waals surface area contributed by atoms with Gasteiger partial charge in [-0.15, -0.1) is 5.73 Å². The van der Waals surface area contributed by atoms with E-state index in [4.69, 9.17) is 9.47 Å². The summed E-state index contributed by atoms with van der Waals surface area (Å²) in [5.74, 6) is -0.735. The van der Waals surface area contributed by atoms with Crippen molar-refractivity contribution in [2.75, 3.05) is 6.61 Å². The van der Waals surface area contributed by atoms with E-state index in [0.29, 0.717) is 19.3 Å². The van der Waals surface area contributed by atoms with Crippen LogP contribution in [0.5, 0.6) is 0 Å². The average molecular weight is 419 g/mol. The van der Waals surface area contributed by atoms with Gasteiger partial charge in [-0.2, -0.15) is 0 Å². The minimum atomic E-state index is -1.65. The molecule has 0 heterocycles. The van der Waals surface area contributed by atoms with Gasteiger partial charge in [-0.25, -0.2) is 9.59 Å². The monoisotopic (exact) mass is 418 g/mol. The molecule has 0 spiro atoms. The van der Waals surface area contributed by atoms with Crippen molar-refractivity contribution in [3.63, 3.8) is 0 Å². The molecule has 7 atom stereocenters. The zero-order valence-electron chi connectivity index (χ0n) is 18.3. The van der Waals surface area contributed by atoms with Gasteiger partial charge in [0.15, 0.2) is 0 Å². The van der Waals surface area contributed by atoms with Gasteiger partial charge in [0, 0.05) is 10.8 Å². The normalized spacial score (nSPS) is 44.3. The summed E-state index contributed by atoms with van der Waals surface area (Å²) in [6.45, 7) is 6.23. The Hall–Kier alpha value is -1.78. The van der Waals surface area contributed by atoms with E-state index in [-0.39, 0.29) is 36.2 Å². The molecule has 0 saturated heterocycles. The highest BCUT2D eigenvalue weighted by molar-refractivity contribution is 5.82. The van der Waals surface area contributed by atoms with Gasteiger partial charge in [-0.05, 0) is 80.8 Å². The minimum absolute atomic E-state index is 0.0882. The van der Waals surface area contributed by atoms with Crippen molar-refractivity contribution >= 4 is 12.1 Å². The third-order valence-electron chi connectivity index (χ3n) is 8.84. The largest absolute Gasteiger partial charge is 0.509 e. The van der Waals surface area contributed by atoms with Crippen LogP contribution < -0.4 is 0 Å². The first kappa shape index (κ1) is 21.5. The molecule has 0 aromatic heterocycles. The molecule has 166 valence electrons. The molecule has 0 aliphatic heterocycles. The highest BCUT2D eigenvalue weighted by atomic mass is 16.7. The average Bonchev–Trinajstić information content (AvgIpc) is 2.98. The standard InChI is InChI=1S/C24H34O6/c1-4-13-29-21(28)30-24(20(26)27)12-10-17-16-9-8-15-7-5-6-11-22(15,2)19(16)18(25)14-23(17,24)3/h5,16-19,25H,4,6,8-14H2,1-3H3,(H,26,27)/t16-,17-,18-,19+,22-,23-,24-/m0/s1. The van der Waals surface area contributed by atoms with Gasteiger partial charge < -0.3 is 19.7 Å². The Labute approximate surface area is 178 Å². The number of carbonyl (C=O) groups is 2. The molecule has 0 unspecified atom stereocenters. The van der Waals surface area contributed by atoms with Gasteiger partial charge in [0.25, 0.3) is 0 Å². The first-order valence-corrected chi connectivity index (χ1v) is 11.4. The van der Waals surface area contributed by atoms with Crippen LogP contribution in [0.4, 0.5) is 4.79 Å². The van der Waals surface area contributed by atoms with Gasteiger partial charge in [0.05, 0.1) is 12.7 Å². The number of carbonyl (C=O) groups excluding carboxylic acids is 1. The fraction of sp³-hybridized carbons (Fsp3) is 0.792. The molecule has 0 amide bonds. The Morgan fingerprint density at radius 2 is 2.03 bits per heavy atom. The highest BCUT2D eigenvalue weighted by Gasteiger charge is 2.71. The number of hydrogen-bond acceptors (Lipinski definition) is 5. The highest BCUT2D eigenvalue weighted by Crippen LogP contribution is 2.68. The summed E-state index contributed by atoms with van der Waals surface area (Å²) < 4.78 is 10.7. The van der Waals surface area contributed by atoms with E-state index < -0.39 is 29.2 Å². The van der Waals surface area contributed by atoms with Crippen LogP contribution in [0.25, 0.3) is 0 Å². The quantitative estimate of drug-likeness (QED) is 0.517. The molecule has 6 heteroatoms. The summed E-state index contributed by atoms with van der Waals surface area (Å²) >= 11 is 0. The van der Waals surface area contributed by atoms with Crippen LogP contribution in [-0.4, -0.2) is 40.6 Å². The second kappa shape index (κ2) is 7.42. The zero-order valence-corrected chi connectivity index (χ0v) is 18.3. The summed E-state index contributed by atoms with van der Waals surface area (Å²) in [6.07, 6.45) is 6.28. The number of allylic oxidation sites excluding steroid dienone is 1. The summed E-state index contributed by atoms with van der Waals surface area (Å²) in [7, 11) is 0. The first-order chi connectivity index (χ1) is 14.2. The van der Waals surface area contributed by atoms with Crippen molar-refractivity contribution in [2.45, 2.75) is 83.8 Å². The predicted octanol–water partition coefficient (Wildman–Crippen LogP) is 4.46. The first-order valence-electron chi connectivity index (χ1n) is 11.4. The van der Waals surface area contributed by atoms with Crippen molar-refractivity contribution in [3.05, 3.63) is 17.4 Å². The van der Waals surface area contributed by atoms with Crippen molar-refractivity contribution < 1.29 is 29.3 Å². The summed E-state index contributed by atoms with van der Waals surface area (Å²) in [6, 6.07) is 0. The van der Waals surface area contributed by atoms with Crippen molar-refractivity contribution in [1.82, 2.24) is 0 Å². The molecular formula is C24H34O6. The van der Waals surface area contributed by atoms with Crippen molar-refractivity contribution in [1.29, 1.82) is 0 Å². The van der Waals surface area contributed by atoms with E-state index in [9.17, 15) is 19.8 Å². The number of carboxylic acids is 1. The van der Waals surface area contributed by atoms with Crippen LogP contribution >= 0.6 is 0 Å². The number of aliphatic hydroxyl groups is 1. The Morgan fingerprint density at radius 1 is 1.27 bits per heavy atom. The number of hydrogen-bond donors (Lipinski definition) is 2. The predicted molar refractivity (Wildman–Crippen MR) is 110 cm³/mol. The lowest BCUT2D eigenvalue weighted by Crippen LogP contribution is -2.62. The topological polar surface area (TPSA) is 93.1 Å². The molecule has 0 radical (unpaired) electrons. The van der Waals surface area contributed by atoms with E-state index >= 15 is 0 Å². The van der Waals surface area contributed by atoms with Crippen molar-refractivity contribution in [2.24, 2.45) is 28.6 Å². The molecule has 0 aromatic carbocycles. The minimum Gasteiger partial charge on any atom is -0.478 e. The van der Waals surface area contributed by atoms with Crippen LogP contribution in [0.15, 0.2) is 17.4 Å². The fourth-order valence-corrected chi connectivity index (χ4v) is 7.48. The Morgan fingerprint density at radius 3 is 2.73 bits per heavy atom. The van der Waals surface area contributed by atoms with Gasteiger partial charge >= 0.3 is 12.1 Å². The number of fused-ring (bicyclic) bond motifs is 5. The summed E-state index contributed by atoms with van der Waals surface area (Å²) in [4.78, 5) is 24.8. The lowest BCUT2D eigenvalue weighted by atomic mass is 9.46. The van der Waals surface area contributed by atoms with E-state index in [1.165, 1.54) is 5.57 Å². The molecule has 3 fully saturated rings. The number of carboxylic acid groups (broad SMARTS) is 1. The lowest BCUT2D eigenvalue weighted by molar-refractivity contribution is -0.198. The van der Waals surface area contributed by atoms with Gasteiger partial charge in [-0.1, -0.05) is 20.8 Å². The molecule has 0 bridgehead atoms. The third-order valence-corrected chi connectivity index (χ3v) is 8.84. The van der Waals surface area contributed by atoms with Crippen LogP contribution in [0, 0.1) is 28.6 Å². The maximum Gasteiger partial charge on any atom is 0.509 e. The molecule has 6 nitrogen and oxygen atoms in total. The van der Waals surface area contributed by atoms with Gasteiger partial charge in [0.2, 0.25) is 5.60 Å². The van der Waals surface area contributed by atoms with E-state index in [1.54, 1.807) is 0 Å². The second-order valence-corrected chi connectivity index (χ2v) is 10.2. The number of rotatable bonds is 4. The Balaban J connectivity index is 1.69. The van der Waals surface area contributed by atoms with Crippen LogP contribution in [0.1, 0.15) is 72.1 Å². The Kier molecular flexibility index (Phi) is 5.31. The second-order valence-electron chi connectivity index (χ2n) is 10.2. The fourth-order valence-electron chi connectivity index (χ4n) is 7.48. The number of aliphatic carboxylic acids is 1. The van der Waals surface area contributed by atoms with Gasteiger partial charge in [0.1, 0.15) is 0 Å². The molecule has 4 aliphatic rings. The van der Waals surface area contributed by atoms with Crippen LogP contribution in [-0.2, 0) is 14.3 Å². The molecule has 0 aromatic rings. The van der Waals surface area contributed by atoms with E-state index in [0.717, 1.165) is 25.7 Å². The lowest BCUT2D eigenvalue weighted by Gasteiger charge is -2.59. The molecule has 3 saturated carbocycles. The Bertz CT molecular complexity index is 798. The van der Waals surface area contributed by atoms with Crippen LogP contribution in [0.2, 0.25) is 0 Å². The summed E-state index contributed by atoms with van der Waals surface area (Å²) in [5, 5.41) is 21.6. The number of ether oxygens (including phenoxy) is 2. The van der Waals surface area contributed by atoms with Crippen molar-refractivity contribution in [3.8, 4) is 0 Å². The third kappa shape index (κ3) is 2.87. The number of aliphatic hydroxyl groups excluding tert-OH is 1. The molecule has 4 aliphatic carbocycles. The molecular weight excluding hydrogens is 384 g/mol. The maximum absolute atomic E-state index is 12.5. The zero-order chi connectivity index (χ0) is 21.7. The SMILES string of the molecule is CCCOC(=O)O[C@]1(C(=O)O)CC[C@H]2[C@@H]3CCC4=C=CCC[C@]4(C)[C@H]3[C@@H](O)C[C@@]21C. The van der Waals surface area contributed by atoms with Gasteiger partial charge in [-0.3, -0.25) is 0 Å². The molecule has 2 N–H and O–H groups in total.